The van der Waals surface area contributed by atoms with Crippen molar-refractivity contribution in [3.05, 3.63) is 80.7 Å². The second-order valence-electron chi connectivity index (χ2n) is 7.93. The van der Waals surface area contributed by atoms with Crippen LogP contribution in [0.15, 0.2) is 58.1 Å². The van der Waals surface area contributed by atoms with Crippen LogP contribution in [0.5, 0.6) is 0 Å². The van der Waals surface area contributed by atoms with Gasteiger partial charge >= 0.3 is 5.69 Å². The molecule has 1 saturated heterocycles. The molecule has 2 heterocycles. The number of aromatic amines is 1. The SMILES string of the molecule is O=C(c1ccc(F)cc1)C(O)C1CCN(CCn2c(=O)[nH]c3ccccc3c2=O)CC1. The maximum atomic E-state index is 13.0. The first-order valence-corrected chi connectivity index (χ1v) is 10.4. The van der Waals surface area contributed by atoms with Gasteiger partial charge in [0, 0.05) is 18.7 Å². The largest absolute Gasteiger partial charge is 0.385 e. The van der Waals surface area contributed by atoms with Crippen molar-refractivity contribution in [2.45, 2.75) is 25.5 Å². The van der Waals surface area contributed by atoms with E-state index >= 15 is 0 Å². The summed E-state index contributed by atoms with van der Waals surface area (Å²) in [6, 6.07) is 12.1. The van der Waals surface area contributed by atoms with Gasteiger partial charge in [-0.15, -0.1) is 0 Å². The molecule has 0 radical (unpaired) electrons. The van der Waals surface area contributed by atoms with E-state index in [9.17, 15) is 23.9 Å². The second kappa shape index (κ2) is 8.95. The molecule has 7 nitrogen and oxygen atoms in total. The molecule has 0 amide bonds. The lowest BCUT2D eigenvalue weighted by molar-refractivity contribution is 0.0438. The van der Waals surface area contributed by atoms with Crippen molar-refractivity contribution >= 4 is 16.7 Å². The molecule has 1 atom stereocenters. The number of ketones is 1. The molecular formula is C23H24FN3O4. The minimum Gasteiger partial charge on any atom is -0.385 e. The molecule has 1 fully saturated rings. The van der Waals surface area contributed by atoms with Gasteiger partial charge in [-0.25, -0.2) is 9.18 Å². The van der Waals surface area contributed by atoms with E-state index in [-0.39, 0.29) is 18.0 Å². The fourth-order valence-electron chi connectivity index (χ4n) is 4.13. The number of benzene rings is 2. The highest BCUT2D eigenvalue weighted by Crippen LogP contribution is 2.23. The van der Waals surface area contributed by atoms with Crippen LogP contribution in [0.2, 0.25) is 0 Å². The Bertz CT molecular complexity index is 1190. The summed E-state index contributed by atoms with van der Waals surface area (Å²) >= 11 is 0. The van der Waals surface area contributed by atoms with E-state index in [2.05, 4.69) is 9.88 Å². The third-order valence-electron chi connectivity index (χ3n) is 6.01. The lowest BCUT2D eigenvalue weighted by atomic mass is 9.87. The summed E-state index contributed by atoms with van der Waals surface area (Å²) in [6.07, 6.45) is 0.118. The molecule has 1 aliphatic rings. The number of aliphatic hydroxyl groups excluding tert-OH is 1. The number of carbonyl (C=O) groups is 1. The molecule has 0 spiro atoms. The fraction of sp³-hybridized carbons (Fsp3) is 0.348. The second-order valence-corrected chi connectivity index (χ2v) is 7.93. The highest BCUT2D eigenvalue weighted by Gasteiger charge is 2.30. The number of fused-ring (bicyclic) bond motifs is 1. The van der Waals surface area contributed by atoms with Gasteiger partial charge < -0.3 is 15.0 Å². The number of nitrogens with zero attached hydrogens (tertiary/aromatic N) is 2. The van der Waals surface area contributed by atoms with Crippen LogP contribution < -0.4 is 11.2 Å². The Morgan fingerprint density at radius 2 is 1.74 bits per heavy atom. The number of piperidine rings is 1. The van der Waals surface area contributed by atoms with Gasteiger partial charge in [0.25, 0.3) is 5.56 Å². The Labute approximate surface area is 177 Å². The number of halogens is 1. The monoisotopic (exact) mass is 425 g/mol. The first-order valence-electron chi connectivity index (χ1n) is 10.4. The number of likely N-dealkylation sites (tertiary alicyclic amines) is 1. The van der Waals surface area contributed by atoms with Crippen LogP contribution in [0.4, 0.5) is 4.39 Å². The first-order chi connectivity index (χ1) is 14.9. The standard InChI is InChI=1S/C23H24FN3O4/c24-17-7-5-15(6-8-17)20(28)21(29)16-9-11-26(12-10-16)13-14-27-22(30)18-3-1-2-4-19(18)25-23(27)31/h1-8,16,21,29H,9-14H2,(H,25,31). The van der Waals surface area contributed by atoms with Crippen molar-refractivity contribution in [3.63, 3.8) is 0 Å². The van der Waals surface area contributed by atoms with Crippen molar-refractivity contribution in [1.29, 1.82) is 0 Å². The molecule has 8 heteroatoms. The number of nitrogens with one attached hydrogen (secondary N) is 1. The summed E-state index contributed by atoms with van der Waals surface area (Å²) < 4.78 is 14.3. The molecule has 31 heavy (non-hydrogen) atoms. The van der Waals surface area contributed by atoms with Crippen molar-refractivity contribution in [1.82, 2.24) is 14.5 Å². The molecule has 0 bridgehead atoms. The average Bonchev–Trinajstić information content (AvgIpc) is 2.79. The highest BCUT2D eigenvalue weighted by molar-refractivity contribution is 5.99. The van der Waals surface area contributed by atoms with E-state index < -0.39 is 23.4 Å². The Balaban J connectivity index is 1.35. The molecule has 162 valence electrons. The summed E-state index contributed by atoms with van der Waals surface area (Å²) in [4.78, 5) is 42.2. The van der Waals surface area contributed by atoms with Crippen molar-refractivity contribution in [2.24, 2.45) is 5.92 Å². The van der Waals surface area contributed by atoms with Gasteiger partial charge in [0.1, 0.15) is 11.9 Å². The molecule has 1 aliphatic heterocycles. The van der Waals surface area contributed by atoms with E-state index in [1.165, 1.54) is 28.8 Å². The third-order valence-corrected chi connectivity index (χ3v) is 6.01. The highest BCUT2D eigenvalue weighted by atomic mass is 19.1. The van der Waals surface area contributed by atoms with E-state index in [1.54, 1.807) is 24.3 Å². The van der Waals surface area contributed by atoms with Gasteiger partial charge in [0.2, 0.25) is 0 Å². The fourth-order valence-corrected chi connectivity index (χ4v) is 4.13. The molecule has 1 unspecified atom stereocenters. The van der Waals surface area contributed by atoms with Crippen molar-refractivity contribution in [2.75, 3.05) is 19.6 Å². The number of carbonyl (C=O) groups excluding carboxylic acids is 1. The van der Waals surface area contributed by atoms with Gasteiger partial charge in [-0.1, -0.05) is 12.1 Å². The maximum Gasteiger partial charge on any atom is 0.328 e. The number of H-pyrrole nitrogens is 1. The van der Waals surface area contributed by atoms with Crippen molar-refractivity contribution < 1.29 is 14.3 Å². The number of aliphatic hydroxyl groups is 1. The van der Waals surface area contributed by atoms with Gasteiger partial charge in [-0.2, -0.15) is 0 Å². The zero-order valence-electron chi connectivity index (χ0n) is 17.0. The average molecular weight is 425 g/mol. The van der Waals surface area contributed by atoms with Crippen LogP contribution in [0.1, 0.15) is 23.2 Å². The van der Waals surface area contributed by atoms with E-state index in [0.717, 1.165) is 0 Å². The molecule has 2 N–H and O–H groups in total. The van der Waals surface area contributed by atoms with Crippen LogP contribution in [-0.4, -0.2) is 51.1 Å². The van der Waals surface area contributed by atoms with E-state index in [0.29, 0.717) is 48.9 Å². The molecule has 4 rings (SSSR count). The van der Waals surface area contributed by atoms with Gasteiger partial charge in [0.15, 0.2) is 5.78 Å². The Hall–Kier alpha value is -3.10. The minimum absolute atomic E-state index is 0.180. The number of hydrogen-bond acceptors (Lipinski definition) is 5. The smallest absolute Gasteiger partial charge is 0.328 e. The molecule has 3 aromatic rings. The zero-order chi connectivity index (χ0) is 22.0. The topological polar surface area (TPSA) is 95.4 Å². The number of hydrogen-bond donors (Lipinski definition) is 2. The Kier molecular flexibility index (Phi) is 6.11. The molecule has 1 aromatic heterocycles. The summed E-state index contributed by atoms with van der Waals surface area (Å²) in [5.74, 6) is -1.00. The lowest BCUT2D eigenvalue weighted by Crippen LogP contribution is -2.43. The van der Waals surface area contributed by atoms with Crippen molar-refractivity contribution in [3.8, 4) is 0 Å². The summed E-state index contributed by atoms with van der Waals surface area (Å²) in [7, 11) is 0. The predicted octanol–water partition coefficient (Wildman–Crippen LogP) is 1.78. The van der Waals surface area contributed by atoms with Gasteiger partial charge in [0.05, 0.1) is 10.9 Å². The predicted molar refractivity (Wildman–Crippen MR) is 115 cm³/mol. The molecule has 2 aromatic carbocycles. The van der Waals surface area contributed by atoms with Crippen LogP contribution in [0.25, 0.3) is 10.9 Å². The van der Waals surface area contributed by atoms with Crippen LogP contribution in [-0.2, 0) is 6.54 Å². The van der Waals surface area contributed by atoms with Gasteiger partial charge in [-0.05, 0) is 68.2 Å². The first kappa shape index (κ1) is 21.1. The maximum absolute atomic E-state index is 13.0. The quantitative estimate of drug-likeness (QED) is 0.587. The van der Waals surface area contributed by atoms with E-state index in [1.807, 2.05) is 0 Å². The Morgan fingerprint density at radius 1 is 1.06 bits per heavy atom. The summed E-state index contributed by atoms with van der Waals surface area (Å²) in [5, 5.41) is 11.0. The Morgan fingerprint density at radius 3 is 2.45 bits per heavy atom. The van der Waals surface area contributed by atoms with Crippen LogP contribution in [0.3, 0.4) is 0 Å². The van der Waals surface area contributed by atoms with Crippen LogP contribution in [0, 0.1) is 11.7 Å². The van der Waals surface area contributed by atoms with Crippen LogP contribution >= 0.6 is 0 Å². The minimum atomic E-state index is -1.13. The van der Waals surface area contributed by atoms with E-state index in [4.69, 9.17) is 0 Å². The molecule has 0 saturated carbocycles. The normalized spacial score (nSPS) is 16.5. The lowest BCUT2D eigenvalue weighted by Gasteiger charge is -2.33. The number of rotatable bonds is 6. The number of aromatic nitrogens is 2. The van der Waals surface area contributed by atoms with Gasteiger partial charge in [-0.3, -0.25) is 14.2 Å². The molecular weight excluding hydrogens is 401 g/mol. The molecule has 0 aliphatic carbocycles. The zero-order valence-corrected chi connectivity index (χ0v) is 17.0. The summed E-state index contributed by atoms with van der Waals surface area (Å²) in [5.41, 5.74) is 0.0778. The summed E-state index contributed by atoms with van der Waals surface area (Å²) in [6.45, 7) is 2.09. The number of para-hydroxylation sites is 1. The number of Topliss-reactive ketones (excluding diaryl/α,β-unsaturated/α-hetero) is 1. The third kappa shape index (κ3) is 4.50.